The van der Waals surface area contributed by atoms with Crippen molar-refractivity contribution in [3.05, 3.63) is 56.1 Å². The second kappa shape index (κ2) is 7.13. The summed E-state index contributed by atoms with van der Waals surface area (Å²) in [5, 5.41) is 1.77. The van der Waals surface area contributed by atoms with E-state index in [1.54, 1.807) is 6.92 Å². The Balaban J connectivity index is 1.60. The normalized spacial score (nSPS) is 13.8. The van der Waals surface area contributed by atoms with Gasteiger partial charge in [-0.05, 0) is 38.2 Å². The molecule has 1 amide bonds. The number of carbonyl (C=O) groups is 1. The average molecular weight is 397 g/mol. The Morgan fingerprint density at radius 3 is 2.75 bits per heavy atom. The van der Waals surface area contributed by atoms with E-state index in [1.165, 1.54) is 45.0 Å². The zero-order valence-electron chi connectivity index (χ0n) is 16.6. The number of carbonyl (C=O) groups excluding carboxylic acids is 1. The maximum atomic E-state index is 12.9. The van der Waals surface area contributed by atoms with Crippen LogP contribution in [-0.2, 0) is 24.2 Å². The van der Waals surface area contributed by atoms with E-state index in [-0.39, 0.29) is 17.9 Å². The average Bonchev–Trinajstić information content (AvgIpc) is 3.05. The highest BCUT2D eigenvalue weighted by Gasteiger charge is 2.25. The van der Waals surface area contributed by atoms with Crippen LogP contribution in [0.25, 0.3) is 10.9 Å². The molecule has 6 nitrogen and oxygen atoms in total. The van der Waals surface area contributed by atoms with E-state index in [1.807, 2.05) is 11.2 Å². The van der Waals surface area contributed by atoms with E-state index in [0.29, 0.717) is 29.5 Å². The minimum atomic E-state index is -0.221. The zero-order chi connectivity index (χ0) is 20.0. The zero-order valence-corrected chi connectivity index (χ0v) is 17.4. The lowest BCUT2D eigenvalue weighted by Crippen LogP contribution is -2.38. The highest BCUT2D eigenvalue weighted by atomic mass is 32.2. The van der Waals surface area contributed by atoms with Crippen LogP contribution in [0.15, 0.2) is 22.1 Å². The fourth-order valence-electron chi connectivity index (χ4n) is 3.89. The van der Waals surface area contributed by atoms with Gasteiger partial charge in [0.1, 0.15) is 0 Å². The Kier molecular flexibility index (Phi) is 4.79. The van der Waals surface area contributed by atoms with Crippen LogP contribution < -0.4 is 5.56 Å². The van der Waals surface area contributed by atoms with Gasteiger partial charge in [-0.15, -0.1) is 0 Å². The van der Waals surface area contributed by atoms with Crippen LogP contribution >= 0.6 is 11.8 Å². The number of aryl methyl sites for hydroxylation is 3. The molecule has 1 aromatic carbocycles. The van der Waals surface area contributed by atoms with Crippen molar-refractivity contribution in [2.45, 2.75) is 45.3 Å². The number of hydrogen-bond acceptors (Lipinski definition) is 4. The van der Waals surface area contributed by atoms with Crippen molar-refractivity contribution in [2.75, 3.05) is 12.8 Å². The minimum Gasteiger partial charge on any atom is -0.358 e. The van der Waals surface area contributed by atoms with Gasteiger partial charge in [0.25, 0.3) is 5.56 Å². The molecule has 0 atom stereocenters. The Bertz CT molecular complexity index is 1150. The van der Waals surface area contributed by atoms with Gasteiger partial charge >= 0.3 is 0 Å². The smallest absolute Gasteiger partial charge is 0.255 e. The van der Waals surface area contributed by atoms with E-state index in [2.05, 4.69) is 40.9 Å². The molecule has 1 aliphatic rings. The molecule has 0 aliphatic carbocycles. The summed E-state index contributed by atoms with van der Waals surface area (Å²) in [6.45, 7) is 7.26. The SMILES string of the molecule is CSc1nc(C)c(CC(=O)N2CCc3[nH]c4c(C)c(C)ccc4c3C2)c(=O)[nH]1. The first kappa shape index (κ1) is 18.8. The maximum Gasteiger partial charge on any atom is 0.255 e. The Hall–Kier alpha value is -2.54. The van der Waals surface area contributed by atoms with Gasteiger partial charge < -0.3 is 14.9 Å². The number of aromatic amines is 2. The summed E-state index contributed by atoms with van der Waals surface area (Å²) in [5.41, 5.74) is 6.95. The van der Waals surface area contributed by atoms with Gasteiger partial charge in [-0.2, -0.15) is 0 Å². The van der Waals surface area contributed by atoms with Crippen molar-refractivity contribution in [3.63, 3.8) is 0 Å². The molecular formula is C21H24N4O2S. The molecule has 0 spiro atoms. The van der Waals surface area contributed by atoms with Gasteiger partial charge in [0, 0.05) is 52.9 Å². The van der Waals surface area contributed by atoms with Crippen LogP contribution in [0.2, 0.25) is 0 Å². The molecule has 0 saturated heterocycles. The van der Waals surface area contributed by atoms with Gasteiger partial charge in [0.2, 0.25) is 5.91 Å². The Labute approximate surface area is 167 Å². The lowest BCUT2D eigenvalue weighted by atomic mass is 10.0. The first-order valence-electron chi connectivity index (χ1n) is 9.40. The summed E-state index contributed by atoms with van der Waals surface area (Å²) in [5.74, 6) is -0.0314. The number of benzene rings is 1. The van der Waals surface area contributed by atoms with Crippen molar-refractivity contribution < 1.29 is 4.79 Å². The molecule has 1 aliphatic heterocycles. The van der Waals surface area contributed by atoms with Crippen molar-refractivity contribution in [1.82, 2.24) is 19.9 Å². The molecule has 146 valence electrons. The predicted molar refractivity (Wildman–Crippen MR) is 112 cm³/mol. The van der Waals surface area contributed by atoms with Crippen molar-refractivity contribution in [3.8, 4) is 0 Å². The fourth-order valence-corrected chi connectivity index (χ4v) is 4.32. The molecule has 0 radical (unpaired) electrons. The molecule has 0 saturated carbocycles. The standard InChI is InChI=1S/C21H24N4O2S/c1-11-5-6-14-16-10-25(8-7-17(16)23-19(14)12(11)2)18(26)9-15-13(3)22-21(28-4)24-20(15)27/h5-6,23H,7-10H2,1-4H3,(H,22,24,27). The predicted octanol–water partition coefficient (Wildman–Crippen LogP) is 3.03. The largest absolute Gasteiger partial charge is 0.358 e. The number of H-pyrrole nitrogens is 2. The third-order valence-corrected chi connectivity index (χ3v) is 6.34. The molecule has 28 heavy (non-hydrogen) atoms. The van der Waals surface area contributed by atoms with Crippen LogP contribution in [-0.4, -0.2) is 38.6 Å². The molecular weight excluding hydrogens is 372 g/mol. The minimum absolute atomic E-state index is 0.0314. The van der Waals surface area contributed by atoms with Crippen LogP contribution in [0.5, 0.6) is 0 Å². The number of thioether (sulfide) groups is 1. The Morgan fingerprint density at radius 1 is 1.25 bits per heavy atom. The first-order valence-corrected chi connectivity index (χ1v) is 10.6. The molecule has 2 N–H and O–H groups in total. The summed E-state index contributed by atoms with van der Waals surface area (Å²) in [4.78, 5) is 37.8. The number of amides is 1. The van der Waals surface area contributed by atoms with Gasteiger partial charge in [-0.1, -0.05) is 23.9 Å². The van der Waals surface area contributed by atoms with Crippen molar-refractivity contribution in [2.24, 2.45) is 0 Å². The molecule has 7 heteroatoms. The number of rotatable bonds is 3. The summed E-state index contributed by atoms with van der Waals surface area (Å²) in [6.07, 6.45) is 2.74. The molecule has 0 unspecified atom stereocenters. The van der Waals surface area contributed by atoms with E-state index in [9.17, 15) is 9.59 Å². The highest BCUT2D eigenvalue weighted by molar-refractivity contribution is 7.98. The van der Waals surface area contributed by atoms with Crippen LogP contribution in [0.4, 0.5) is 0 Å². The monoisotopic (exact) mass is 396 g/mol. The van der Waals surface area contributed by atoms with E-state index >= 15 is 0 Å². The molecule has 2 aromatic heterocycles. The summed E-state index contributed by atoms with van der Waals surface area (Å²) in [7, 11) is 0. The van der Waals surface area contributed by atoms with Gasteiger partial charge in [0.05, 0.1) is 6.42 Å². The third-order valence-electron chi connectivity index (χ3n) is 5.76. The lowest BCUT2D eigenvalue weighted by molar-refractivity contribution is -0.131. The number of fused-ring (bicyclic) bond motifs is 3. The highest BCUT2D eigenvalue weighted by Crippen LogP contribution is 2.31. The number of hydrogen-bond donors (Lipinski definition) is 2. The second-order valence-electron chi connectivity index (χ2n) is 7.39. The number of nitrogens with zero attached hydrogens (tertiary/aromatic N) is 2. The second-order valence-corrected chi connectivity index (χ2v) is 8.19. The lowest BCUT2D eigenvalue weighted by Gasteiger charge is -2.27. The van der Waals surface area contributed by atoms with Gasteiger partial charge in [-0.25, -0.2) is 4.98 Å². The molecule has 4 rings (SSSR count). The van der Waals surface area contributed by atoms with Crippen LogP contribution in [0.3, 0.4) is 0 Å². The van der Waals surface area contributed by atoms with E-state index < -0.39 is 0 Å². The van der Waals surface area contributed by atoms with Crippen molar-refractivity contribution in [1.29, 1.82) is 0 Å². The Morgan fingerprint density at radius 2 is 2.04 bits per heavy atom. The quantitative estimate of drug-likeness (QED) is 0.527. The van der Waals surface area contributed by atoms with E-state index in [0.717, 1.165) is 6.42 Å². The van der Waals surface area contributed by atoms with E-state index in [4.69, 9.17) is 0 Å². The topological polar surface area (TPSA) is 81.8 Å². The third kappa shape index (κ3) is 3.13. The molecule has 3 heterocycles. The van der Waals surface area contributed by atoms with Gasteiger partial charge in [-0.3, -0.25) is 9.59 Å². The fraction of sp³-hybridized carbons (Fsp3) is 0.381. The molecule has 0 bridgehead atoms. The summed E-state index contributed by atoms with van der Waals surface area (Å²) < 4.78 is 0. The first-order chi connectivity index (χ1) is 13.4. The summed E-state index contributed by atoms with van der Waals surface area (Å²) in [6, 6.07) is 4.27. The summed E-state index contributed by atoms with van der Waals surface area (Å²) >= 11 is 1.38. The maximum absolute atomic E-state index is 12.9. The molecule has 3 aromatic rings. The van der Waals surface area contributed by atoms with Gasteiger partial charge in [0.15, 0.2) is 5.16 Å². The number of aromatic nitrogens is 3. The molecule has 0 fully saturated rings. The van der Waals surface area contributed by atoms with Crippen molar-refractivity contribution >= 4 is 28.6 Å². The van der Waals surface area contributed by atoms with Crippen LogP contribution in [0.1, 0.15) is 33.6 Å². The number of nitrogens with one attached hydrogen (secondary N) is 2. The van der Waals surface area contributed by atoms with Crippen LogP contribution in [0, 0.1) is 20.8 Å².